The second-order valence-electron chi connectivity index (χ2n) is 4.11. The molecule has 0 radical (unpaired) electrons. The van der Waals surface area contributed by atoms with Gasteiger partial charge in [0.2, 0.25) is 17.5 Å². The molecule has 1 aromatic rings. The van der Waals surface area contributed by atoms with Gasteiger partial charge in [0.05, 0.1) is 14.2 Å². The number of hydroxylamine groups is 2. The lowest BCUT2D eigenvalue weighted by molar-refractivity contribution is -0.277. The molecule has 1 unspecified atom stereocenters. The lowest BCUT2D eigenvalue weighted by atomic mass is 10.7. The fraction of sp³-hybridized carbons (Fsp3) is 0.500. The quantitative estimate of drug-likeness (QED) is 0.505. The maximum absolute atomic E-state index is 11.9. The lowest BCUT2D eigenvalue weighted by Gasteiger charge is -2.27. The first-order valence-corrected chi connectivity index (χ1v) is 7.00. The molecule has 1 atom stereocenters. The van der Waals surface area contributed by atoms with Gasteiger partial charge in [0.15, 0.2) is 0 Å². The number of nitrogens with zero attached hydrogens (tertiary/aromatic N) is 6. The first-order chi connectivity index (χ1) is 12.9. The Morgan fingerprint density at radius 1 is 1.11 bits per heavy atom. The zero-order chi connectivity index (χ0) is 21.5. The molecule has 28 heavy (non-hydrogen) atoms. The summed E-state index contributed by atoms with van der Waals surface area (Å²) in [5, 5.41) is 0.333. The van der Waals surface area contributed by atoms with Gasteiger partial charge in [-0.3, -0.25) is 5.73 Å². The smallest absolute Gasteiger partial charge is 0.467 e. The van der Waals surface area contributed by atoms with E-state index in [-0.39, 0.29) is 17.3 Å². The van der Waals surface area contributed by atoms with E-state index in [4.69, 9.17) is 23.1 Å². The van der Waals surface area contributed by atoms with Gasteiger partial charge in [-0.05, 0) is 11.6 Å². The number of nitrogens with two attached hydrogens (primary N) is 2. The zero-order valence-electron chi connectivity index (χ0n) is 13.9. The fourth-order valence-electron chi connectivity index (χ4n) is 1.35. The predicted molar refractivity (Wildman–Crippen MR) is 82.1 cm³/mol. The molecule has 0 saturated carbocycles. The first-order valence-electron chi connectivity index (χ1n) is 6.62. The van der Waals surface area contributed by atoms with E-state index in [9.17, 15) is 22.0 Å². The van der Waals surface area contributed by atoms with Crippen LogP contribution in [0.5, 0.6) is 12.0 Å². The maximum Gasteiger partial charge on any atom is 0.575 e. The molecular weight excluding hydrogens is 427 g/mol. The summed E-state index contributed by atoms with van der Waals surface area (Å²) in [5.74, 6) is -0.420. The van der Waals surface area contributed by atoms with E-state index in [1.807, 2.05) is 0 Å². The Morgan fingerprint density at radius 3 is 2.21 bits per heavy atom. The van der Waals surface area contributed by atoms with Crippen LogP contribution in [0.4, 0.5) is 27.9 Å². The van der Waals surface area contributed by atoms with Gasteiger partial charge in [-0.15, -0.1) is 18.2 Å². The Labute approximate surface area is 157 Å². The van der Waals surface area contributed by atoms with Crippen LogP contribution in [0.15, 0.2) is 9.98 Å². The monoisotopic (exact) mass is 438 g/mol. The Kier molecular flexibility index (Phi) is 8.26. The number of halogens is 6. The lowest BCUT2D eigenvalue weighted by Crippen LogP contribution is -2.48. The SMILES string of the molecule is COC1=NC(Cl)=NC(N)N1OC(F)F.COc1nc(N)nc(OC(F)(F)F)n1. The van der Waals surface area contributed by atoms with Crippen LogP contribution in [0.1, 0.15) is 0 Å². The number of ether oxygens (including phenoxy) is 3. The Bertz CT molecular complexity index is 722. The highest BCUT2D eigenvalue weighted by molar-refractivity contribution is 6.65. The van der Waals surface area contributed by atoms with Gasteiger partial charge in [-0.1, -0.05) is 0 Å². The second-order valence-corrected chi connectivity index (χ2v) is 4.45. The summed E-state index contributed by atoms with van der Waals surface area (Å²) in [6, 6.07) is -1.59. The topological polar surface area (TPSA) is 156 Å². The molecule has 4 N–H and O–H groups in total. The molecule has 1 aromatic heterocycles. The minimum absolute atomic E-state index is 0.191. The molecule has 0 spiro atoms. The molecule has 0 aliphatic carbocycles. The third-order valence-corrected chi connectivity index (χ3v) is 2.41. The summed E-state index contributed by atoms with van der Waals surface area (Å²) in [4.78, 5) is 20.6. The largest absolute Gasteiger partial charge is 0.575 e. The van der Waals surface area contributed by atoms with Crippen LogP contribution in [0.2, 0.25) is 0 Å². The van der Waals surface area contributed by atoms with Crippen molar-refractivity contribution in [2.75, 3.05) is 20.0 Å². The fourth-order valence-corrected chi connectivity index (χ4v) is 1.53. The summed E-state index contributed by atoms with van der Waals surface area (Å²) < 4.78 is 71.4. The van der Waals surface area contributed by atoms with E-state index in [1.165, 1.54) is 14.2 Å². The summed E-state index contributed by atoms with van der Waals surface area (Å²) in [6.07, 6.45) is -6.08. The number of alkyl halides is 5. The summed E-state index contributed by atoms with van der Waals surface area (Å²) >= 11 is 5.42. The van der Waals surface area contributed by atoms with Gasteiger partial charge < -0.3 is 19.9 Å². The molecule has 0 bridgehead atoms. The van der Waals surface area contributed by atoms with E-state index in [0.29, 0.717) is 5.06 Å². The van der Waals surface area contributed by atoms with Crippen LogP contribution in [-0.2, 0) is 9.57 Å². The van der Waals surface area contributed by atoms with Crippen LogP contribution >= 0.6 is 11.6 Å². The van der Waals surface area contributed by atoms with Crippen LogP contribution < -0.4 is 20.9 Å². The normalized spacial score (nSPS) is 16.6. The Balaban J connectivity index is 0.000000280. The van der Waals surface area contributed by atoms with Gasteiger partial charge in [-0.2, -0.15) is 33.6 Å². The molecule has 12 nitrogen and oxygen atoms in total. The van der Waals surface area contributed by atoms with E-state index in [1.54, 1.807) is 0 Å². The van der Waals surface area contributed by atoms with Crippen molar-refractivity contribution >= 4 is 28.9 Å². The van der Waals surface area contributed by atoms with Crippen LogP contribution in [0, 0.1) is 0 Å². The average molecular weight is 439 g/mol. The van der Waals surface area contributed by atoms with Crippen molar-refractivity contribution < 1.29 is 41.0 Å². The van der Waals surface area contributed by atoms with Crippen LogP contribution in [0.3, 0.4) is 0 Å². The highest BCUT2D eigenvalue weighted by Gasteiger charge is 2.33. The third kappa shape index (κ3) is 7.84. The summed E-state index contributed by atoms with van der Waals surface area (Å²) in [5.41, 5.74) is 10.4. The number of anilines is 1. The highest BCUT2D eigenvalue weighted by atomic mass is 35.5. The maximum atomic E-state index is 11.9. The molecule has 0 saturated heterocycles. The Morgan fingerprint density at radius 2 is 1.71 bits per heavy atom. The molecule has 2 heterocycles. The molecule has 1 aliphatic heterocycles. The van der Waals surface area contributed by atoms with Crippen molar-refractivity contribution in [2.24, 2.45) is 15.7 Å². The predicted octanol–water partition coefficient (Wildman–Crippen LogP) is 0.657. The molecule has 1 aliphatic rings. The number of amidine groups is 2. The molecule has 0 amide bonds. The van der Waals surface area contributed by atoms with Crippen molar-refractivity contribution in [2.45, 2.75) is 19.3 Å². The van der Waals surface area contributed by atoms with Crippen molar-refractivity contribution in [3.05, 3.63) is 0 Å². The third-order valence-electron chi connectivity index (χ3n) is 2.23. The number of hydrogen-bond acceptors (Lipinski definition) is 12. The minimum Gasteiger partial charge on any atom is -0.467 e. The second kappa shape index (κ2) is 9.95. The summed E-state index contributed by atoms with van der Waals surface area (Å²) in [6.45, 7) is -3.05. The number of methoxy groups -OCH3 is 2. The number of rotatable bonds is 4. The average Bonchev–Trinajstić information content (AvgIpc) is 2.55. The number of aromatic nitrogens is 3. The van der Waals surface area contributed by atoms with Crippen molar-refractivity contribution in [3.63, 3.8) is 0 Å². The molecule has 2 rings (SSSR count). The summed E-state index contributed by atoms with van der Waals surface area (Å²) in [7, 11) is 2.38. The van der Waals surface area contributed by atoms with Gasteiger partial charge >= 0.3 is 31.0 Å². The molecule has 0 aromatic carbocycles. The first kappa shape index (κ1) is 23.2. The van der Waals surface area contributed by atoms with Crippen molar-refractivity contribution in [1.82, 2.24) is 20.0 Å². The minimum atomic E-state index is -4.88. The van der Waals surface area contributed by atoms with E-state index in [2.05, 4.69) is 44.0 Å². The van der Waals surface area contributed by atoms with Gasteiger partial charge in [-0.25, -0.2) is 4.99 Å². The molecule has 0 fully saturated rings. The van der Waals surface area contributed by atoms with E-state index >= 15 is 0 Å². The Hall–Kier alpha value is -2.79. The standard InChI is InChI=1S/C5H7ClF2N4O2.C5H5F3N4O2/c1-13-5-11-2(6)10-4(9)12(5)14-3(7)8;1-13-3-10-2(9)11-4(12-3)14-5(6,7)8/h3-4H,9H2,1H3;1H3,(H2,9,10,11,12). The molecule has 18 heteroatoms. The number of hydrogen-bond donors (Lipinski definition) is 2. The van der Waals surface area contributed by atoms with Gasteiger partial charge in [0.25, 0.3) is 0 Å². The van der Waals surface area contributed by atoms with Crippen molar-refractivity contribution in [1.29, 1.82) is 0 Å². The number of nitrogen functional groups attached to an aromatic ring is 1. The van der Waals surface area contributed by atoms with Gasteiger partial charge in [0, 0.05) is 0 Å². The van der Waals surface area contributed by atoms with Crippen LogP contribution in [-0.4, -0.2) is 64.8 Å². The van der Waals surface area contributed by atoms with E-state index in [0.717, 1.165) is 0 Å². The van der Waals surface area contributed by atoms with Gasteiger partial charge in [0.1, 0.15) is 0 Å². The molecule has 158 valence electrons. The molecular formula is C10H12ClF5N8O4. The number of aliphatic imine (C=N–C) groups is 2. The zero-order valence-corrected chi connectivity index (χ0v) is 14.6. The highest BCUT2D eigenvalue weighted by Crippen LogP contribution is 2.20. The van der Waals surface area contributed by atoms with E-state index < -0.39 is 31.2 Å². The van der Waals surface area contributed by atoms with Crippen LogP contribution in [0.25, 0.3) is 0 Å². The van der Waals surface area contributed by atoms with Crippen molar-refractivity contribution in [3.8, 4) is 12.0 Å².